The van der Waals surface area contributed by atoms with Gasteiger partial charge in [0.15, 0.2) is 0 Å². The number of aryl methyl sites for hydroxylation is 1. The molecule has 6 heteroatoms. The van der Waals surface area contributed by atoms with E-state index in [2.05, 4.69) is 4.98 Å². The Kier molecular flexibility index (Phi) is 4.72. The lowest BCUT2D eigenvalue weighted by atomic mass is 10.1. The van der Waals surface area contributed by atoms with E-state index in [1.54, 1.807) is 6.07 Å². The summed E-state index contributed by atoms with van der Waals surface area (Å²) in [5.41, 5.74) is 3.75. The maximum atomic E-state index is 11.1. The van der Waals surface area contributed by atoms with Gasteiger partial charge < -0.3 is 19.5 Å². The lowest BCUT2D eigenvalue weighted by Crippen LogP contribution is -2.10. The monoisotopic (exact) mass is 340 g/mol. The summed E-state index contributed by atoms with van der Waals surface area (Å²) in [7, 11) is 0. The van der Waals surface area contributed by atoms with Crippen molar-refractivity contribution < 1.29 is 19.7 Å². The second-order valence-electron chi connectivity index (χ2n) is 5.90. The number of aromatic nitrogens is 2. The van der Waals surface area contributed by atoms with Crippen molar-refractivity contribution in [3.8, 4) is 5.75 Å². The normalized spacial score (nSPS) is 11.0. The summed E-state index contributed by atoms with van der Waals surface area (Å²) >= 11 is 0. The van der Waals surface area contributed by atoms with Gasteiger partial charge in [0.1, 0.15) is 18.2 Å². The van der Waals surface area contributed by atoms with E-state index in [9.17, 15) is 9.90 Å². The molecule has 0 saturated heterocycles. The summed E-state index contributed by atoms with van der Waals surface area (Å²) in [6, 6.07) is 10.7. The van der Waals surface area contributed by atoms with Crippen molar-refractivity contribution in [1.29, 1.82) is 0 Å². The van der Waals surface area contributed by atoms with Crippen LogP contribution in [-0.4, -0.2) is 32.3 Å². The van der Waals surface area contributed by atoms with E-state index in [0.717, 1.165) is 22.4 Å². The Morgan fingerprint density at radius 1 is 1.24 bits per heavy atom. The maximum absolute atomic E-state index is 11.1. The van der Waals surface area contributed by atoms with Gasteiger partial charge in [-0.2, -0.15) is 0 Å². The number of benzene rings is 2. The lowest BCUT2D eigenvalue weighted by Gasteiger charge is -2.12. The number of hydrogen-bond donors (Lipinski definition) is 2. The van der Waals surface area contributed by atoms with Crippen LogP contribution in [0.15, 0.2) is 36.4 Å². The highest BCUT2D eigenvalue weighted by Gasteiger charge is 2.14. The van der Waals surface area contributed by atoms with Gasteiger partial charge in [-0.25, -0.2) is 9.78 Å². The molecule has 0 aliphatic carbocycles. The van der Waals surface area contributed by atoms with Gasteiger partial charge in [-0.3, -0.25) is 0 Å². The molecular formula is C19H20N2O4. The number of rotatable bonds is 6. The molecule has 0 bridgehead atoms. The third-order valence-corrected chi connectivity index (χ3v) is 4.31. The van der Waals surface area contributed by atoms with Crippen LogP contribution in [0.25, 0.3) is 11.0 Å². The van der Waals surface area contributed by atoms with Gasteiger partial charge in [-0.15, -0.1) is 0 Å². The molecule has 0 radical (unpaired) electrons. The Labute approximate surface area is 145 Å². The van der Waals surface area contributed by atoms with Crippen molar-refractivity contribution in [3.63, 3.8) is 0 Å². The van der Waals surface area contributed by atoms with E-state index in [1.165, 1.54) is 12.1 Å². The van der Waals surface area contributed by atoms with Gasteiger partial charge in [0, 0.05) is 6.54 Å². The summed E-state index contributed by atoms with van der Waals surface area (Å²) in [5.74, 6) is 0.438. The molecule has 1 aromatic heterocycles. The highest BCUT2D eigenvalue weighted by molar-refractivity contribution is 5.92. The fourth-order valence-corrected chi connectivity index (χ4v) is 2.80. The van der Waals surface area contributed by atoms with Crippen molar-refractivity contribution in [2.75, 3.05) is 6.61 Å². The van der Waals surface area contributed by atoms with Crippen molar-refractivity contribution in [1.82, 2.24) is 9.55 Å². The molecule has 25 heavy (non-hydrogen) atoms. The first-order valence-corrected chi connectivity index (χ1v) is 8.03. The van der Waals surface area contributed by atoms with Gasteiger partial charge in [-0.05, 0) is 49.2 Å². The number of hydrogen-bond acceptors (Lipinski definition) is 4. The molecule has 3 aromatic rings. The fourth-order valence-electron chi connectivity index (χ4n) is 2.80. The predicted molar refractivity (Wildman–Crippen MR) is 94.0 cm³/mol. The molecule has 6 nitrogen and oxygen atoms in total. The average molecular weight is 340 g/mol. The molecule has 2 aromatic carbocycles. The number of ether oxygens (including phenoxy) is 1. The number of imidazole rings is 1. The molecule has 2 N–H and O–H groups in total. The Balaban J connectivity index is 1.95. The molecule has 0 saturated carbocycles. The Morgan fingerprint density at radius 2 is 2.04 bits per heavy atom. The number of carboxylic acid groups (broad SMARTS) is 1. The van der Waals surface area contributed by atoms with E-state index in [-0.39, 0.29) is 18.8 Å². The van der Waals surface area contributed by atoms with Gasteiger partial charge >= 0.3 is 5.97 Å². The van der Waals surface area contributed by atoms with Crippen LogP contribution < -0.4 is 4.74 Å². The molecule has 0 spiro atoms. The number of fused-ring (bicyclic) bond motifs is 1. The second kappa shape index (κ2) is 6.94. The summed E-state index contributed by atoms with van der Waals surface area (Å²) in [6.07, 6.45) is 0. The first-order chi connectivity index (χ1) is 12.0. The summed E-state index contributed by atoms with van der Waals surface area (Å²) in [4.78, 5) is 15.6. The van der Waals surface area contributed by atoms with Crippen LogP contribution in [0.1, 0.15) is 27.3 Å². The lowest BCUT2D eigenvalue weighted by molar-refractivity contribution is 0.0697. The van der Waals surface area contributed by atoms with Crippen LogP contribution in [0.3, 0.4) is 0 Å². The molecule has 0 unspecified atom stereocenters. The minimum atomic E-state index is -0.994. The van der Waals surface area contributed by atoms with Crippen LogP contribution in [0, 0.1) is 13.8 Å². The number of carboxylic acids is 1. The number of aliphatic hydroxyl groups excluding tert-OH is 1. The van der Waals surface area contributed by atoms with Gasteiger partial charge in [0.25, 0.3) is 0 Å². The highest BCUT2D eigenvalue weighted by Crippen LogP contribution is 2.23. The molecule has 0 atom stereocenters. The zero-order chi connectivity index (χ0) is 18.0. The van der Waals surface area contributed by atoms with Gasteiger partial charge in [0.2, 0.25) is 0 Å². The van der Waals surface area contributed by atoms with Crippen LogP contribution in [0.2, 0.25) is 0 Å². The molecule has 1 heterocycles. The van der Waals surface area contributed by atoms with Gasteiger partial charge in [0.05, 0.1) is 23.2 Å². The quantitative estimate of drug-likeness (QED) is 0.721. The average Bonchev–Trinajstić information content (AvgIpc) is 2.93. The first-order valence-electron chi connectivity index (χ1n) is 8.03. The standard InChI is InChI=1S/C19H20N2O4/c1-12-4-3-5-17(13(12)2)25-11-18-20-15-10-14(19(23)24)6-7-16(15)21(18)8-9-22/h3-7,10,22H,8-9,11H2,1-2H3,(H,23,24). The second-order valence-corrected chi connectivity index (χ2v) is 5.90. The molecule has 0 aliphatic heterocycles. The zero-order valence-electron chi connectivity index (χ0n) is 14.2. The Bertz CT molecular complexity index is 931. The van der Waals surface area contributed by atoms with E-state index < -0.39 is 5.97 Å². The Morgan fingerprint density at radius 3 is 2.76 bits per heavy atom. The fraction of sp³-hybridized carbons (Fsp3) is 0.263. The first kappa shape index (κ1) is 17.0. The topological polar surface area (TPSA) is 84.6 Å². The van der Waals surface area contributed by atoms with Crippen molar-refractivity contribution in [2.24, 2.45) is 0 Å². The third-order valence-electron chi connectivity index (χ3n) is 4.31. The van der Waals surface area contributed by atoms with Crippen LogP contribution in [0.4, 0.5) is 0 Å². The molecule has 0 aliphatic rings. The van der Waals surface area contributed by atoms with Gasteiger partial charge in [-0.1, -0.05) is 12.1 Å². The molecule has 3 rings (SSSR count). The van der Waals surface area contributed by atoms with Crippen molar-refractivity contribution >= 4 is 17.0 Å². The minimum Gasteiger partial charge on any atom is -0.485 e. The van der Waals surface area contributed by atoms with Crippen molar-refractivity contribution in [3.05, 3.63) is 58.9 Å². The highest BCUT2D eigenvalue weighted by atomic mass is 16.5. The van der Waals surface area contributed by atoms with Crippen LogP contribution in [-0.2, 0) is 13.2 Å². The molecule has 130 valence electrons. The number of aliphatic hydroxyl groups is 1. The Hall–Kier alpha value is -2.86. The zero-order valence-corrected chi connectivity index (χ0v) is 14.2. The van der Waals surface area contributed by atoms with E-state index in [0.29, 0.717) is 17.9 Å². The number of nitrogens with zero attached hydrogens (tertiary/aromatic N) is 2. The maximum Gasteiger partial charge on any atom is 0.335 e. The molecular weight excluding hydrogens is 320 g/mol. The molecule has 0 fully saturated rings. The van der Waals surface area contributed by atoms with E-state index in [4.69, 9.17) is 9.84 Å². The third kappa shape index (κ3) is 3.34. The van der Waals surface area contributed by atoms with Crippen LogP contribution >= 0.6 is 0 Å². The van der Waals surface area contributed by atoms with Crippen molar-refractivity contribution in [2.45, 2.75) is 27.0 Å². The predicted octanol–water partition coefficient (Wildman–Crippen LogP) is 2.92. The summed E-state index contributed by atoms with van der Waals surface area (Å²) in [5, 5.41) is 18.5. The van der Waals surface area contributed by atoms with E-state index >= 15 is 0 Å². The minimum absolute atomic E-state index is 0.0391. The number of aromatic carboxylic acids is 1. The van der Waals surface area contributed by atoms with E-state index in [1.807, 2.05) is 36.6 Å². The SMILES string of the molecule is Cc1cccc(OCc2nc3cc(C(=O)O)ccc3n2CCO)c1C. The number of carbonyl (C=O) groups is 1. The molecule has 0 amide bonds. The largest absolute Gasteiger partial charge is 0.485 e. The summed E-state index contributed by atoms with van der Waals surface area (Å²) < 4.78 is 7.77. The van der Waals surface area contributed by atoms with Crippen LogP contribution in [0.5, 0.6) is 5.75 Å². The smallest absolute Gasteiger partial charge is 0.335 e. The summed E-state index contributed by atoms with van der Waals surface area (Å²) in [6.45, 7) is 4.59.